The van der Waals surface area contributed by atoms with Crippen LogP contribution in [0, 0.1) is 0 Å². The van der Waals surface area contributed by atoms with Crippen molar-refractivity contribution in [3.63, 3.8) is 0 Å². The number of hydrogen-bond donors (Lipinski definition) is 2. The van der Waals surface area contributed by atoms with E-state index in [-0.39, 0.29) is 18.2 Å². The van der Waals surface area contributed by atoms with Crippen LogP contribution in [-0.2, 0) is 0 Å². The van der Waals surface area contributed by atoms with E-state index in [0.29, 0.717) is 17.1 Å². The van der Waals surface area contributed by atoms with Gasteiger partial charge in [-0.3, -0.25) is 4.79 Å². The fourth-order valence-electron chi connectivity index (χ4n) is 2.65. The van der Waals surface area contributed by atoms with Crippen molar-refractivity contribution in [2.24, 2.45) is 0 Å². The highest BCUT2D eigenvalue weighted by molar-refractivity contribution is 6.01. The smallest absolute Gasteiger partial charge is 0.255 e. The van der Waals surface area contributed by atoms with Crippen molar-refractivity contribution in [1.82, 2.24) is 5.32 Å². The molecule has 1 aliphatic heterocycles. The maximum atomic E-state index is 12.3. The van der Waals surface area contributed by atoms with Gasteiger partial charge in [0.05, 0.1) is 18.8 Å². The summed E-state index contributed by atoms with van der Waals surface area (Å²) in [6, 6.07) is 13.1. The molecule has 1 heterocycles. The molecule has 0 aromatic heterocycles. The molecular formula is C18H20N2O3. The van der Waals surface area contributed by atoms with E-state index in [4.69, 9.17) is 9.47 Å². The summed E-state index contributed by atoms with van der Waals surface area (Å²) in [6.07, 6.45) is -0.377. The Kier molecular flexibility index (Phi) is 4.10. The van der Waals surface area contributed by atoms with E-state index in [9.17, 15) is 4.79 Å². The lowest BCUT2D eigenvalue weighted by molar-refractivity contribution is 0.0935. The summed E-state index contributed by atoms with van der Waals surface area (Å²) < 4.78 is 11.3. The van der Waals surface area contributed by atoms with Crippen molar-refractivity contribution >= 4 is 11.6 Å². The largest absolute Gasteiger partial charge is 0.493 e. The van der Waals surface area contributed by atoms with Gasteiger partial charge in [-0.1, -0.05) is 24.3 Å². The molecule has 1 atom stereocenters. The molecule has 2 N–H and O–H groups in total. The average molecular weight is 312 g/mol. The van der Waals surface area contributed by atoms with Crippen LogP contribution in [0.1, 0.15) is 35.9 Å². The molecule has 2 aromatic carbocycles. The molecule has 0 saturated heterocycles. The van der Waals surface area contributed by atoms with Crippen molar-refractivity contribution in [2.75, 3.05) is 12.4 Å². The van der Waals surface area contributed by atoms with Gasteiger partial charge >= 0.3 is 0 Å². The Labute approximate surface area is 135 Å². The summed E-state index contributed by atoms with van der Waals surface area (Å²) >= 11 is 0. The maximum Gasteiger partial charge on any atom is 0.255 e. The van der Waals surface area contributed by atoms with Crippen LogP contribution in [0.2, 0.25) is 0 Å². The zero-order valence-corrected chi connectivity index (χ0v) is 13.4. The van der Waals surface area contributed by atoms with Gasteiger partial charge in [-0.25, -0.2) is 0 Å². The molecule has 0 bridgehead atoms. The van der Waals surface area contributed by atoms with Crippen LogP contribution < -0.4 is 20.1 Å². The van der Waals surface area contributed by atoms with Gasteiger partial charge in [-0.15, -0.1) is 0 Å². The fraction of sp³-hybridized carbons (Fsp3) is 0.278. The van der Waals surface area contributed by atoms with Crippen molar-refractivity contribution in [1.29, 1.82) is 0 Å². The summed E-state index contributed by atoms with van der Waals surface area (Å²) in [6.45, 7) is 3.91. The monoisotopic (exact) mass is 312 g/mol. The van der Waals surface area contributed by atoms with Gasteiger partial charge in [0.2, 0.25) is 0 Å². The number of nitrogens with one attached hydrogen (secondary N) is 2. The topological polar surface area (TPSA) is 59.6 Å². The summed E-state index contributed by atoms with van der Waals surface area (Å²) in [5.41, 5.74) is 2.28. The number of anilines is 1. The van der Waals surface area contributed by atoms with Gasteiger partial charge in [-0.2, -0.15) is 0 Å². The van der Waals surface area contributed by atoms with Gasteiger partial charge < -0.3 is 20.1 Å². The molecule has 0 aliphatic carbocycles. The lowest BCUT2D eigenvalue weighted by Crippen LogP contribution is -2.38. The molecule has 0 saturated carbocycles. The second-order valence-electron chi connectivity index (χ2n) is 5.64. The van der Waals surface area contributed by atoms with Crippen LogP contribution in [0.5, 0.6) is 11.5 Å². The molecule has 5 nitrogen and oxygen atoms in total. The third-order valence-corrected chi connectivity index (χ3v) is 3.64. The predicted molar refractivity (Wildman–Crippen MR) is 89.0 cm³/mol. The van der Waals surface area contributed by atoms with Crippen LogP contribution in [0.25, 0.3) is 0 Å². The van der Waals surface area contributed by atoms with E-state index in [1.54, 1.807) is 13.2 Å². The van der Waals surface area contributed by atoms with Crippen molar-refractivity contribution in [2.45, 2.75) is 26.1 Å². The maximum absolute atomic E-state index is 12.3. The van der Waals surface area contributed by atoms with E-state index in [0.717, 1.165) is 11.3 Å². The van der Waals surface area contributed by atoms with E-state index < -0.39 is 0 Å². The number of hydrogen-bond acceptors (Lipinski definition) is 4. The Bertz CT molecular complexity index is 728. The number of ether oxygens (including phenoxy) is 2. The zero-order valence-electron chi connectivity index (χ0n) is 13.4. The third-order valence-electron chi connectivity index (χ3n) is 3.64. The molecule has 120 valence electrons. The molecule has 0 radical (unpaired) electrons. The minimum absolute atomic E-state index is 0.00312. The fourth-order valence-corrected chi connectivity index (χ4v) is 2.65. The summed E-state index contributed by atoms with van der Waals surface area (Å²) in [7, 11) is 1.61. The number of carbonyl (C=O) groups excluding carboxylic acids is 1. The summed E-state index contributed by atoms with van der Waals surface area (Å²) in [5.74, 6) is 1.18. The van der Waals surface area contributed by atoms with Gasteiger partial charge in [0, 0.05) is 11.3 Å². The Morgan fingerprint density at radius 2 is 1.83 bits per heavy atom. The molecule has 0 spiro atoms. The number of para-hydroxylation sites is 2. The number of benzene rings is 2. The van der Waals surface area contributed by atoms with E-state index in [1.165, 1.54) is 0 Å². The first-order chi connectivity index (χ1) is 11.1. The Hall–Kier alpha value is -2.69. The molecule has 3 rings (SSSR count). The normalized spacial score (nSPS) is 16.3. The molecular weight excluding hydrogens is 292 g/mol. The number of carbonyl (C=O) groups is 1. The van der Waals surface area contributed by atoms with Gasteiger partial charge in [0.25, 0.3) is 5.91 Å². The van der Waals surface area contributed by atoms with Gasteiger partial charge in [0.1, 0.15) is 6.17 Å². The zero-order chi connectivity index (χ0) is 16.4. The highest BCUT2D eigenvalue weighted by atomic mass is 16.5. The molecule has 23 heavy (non-hydrogen) atoms. The van der Waals surface area contributed by atoms with Crippen LogP contribution in [0.4, 0.5) is 5.69 Å². The van der Waals surface area contributed by atoms with Crippen LogP contribution in [0.3, 0.4) is 0 Å². The molecule has 5 heteroatoms. The Morgan fingerprint density at radius 1 is 1.04 bits per heavy atom. The molecule has 2 aromatic rings. The van der Waals surface area contributed by atoms with E-state index >= 15 is 0 Å². The van der Waals surface area contributed by atoms with Gasteiger partial charge in [0.15, 0.2) is 11.5 Å². The highest BCUT2D eigenvalue weighted by Gasteiger charge is 2.27. The summed E-state index contributed by atoms with van der Waals surface area (Å²) in [5, 5.41) is 6.31. The minimum Gasteiger partial charge on any atom is -0.493 e. The molecule has 1 aliphatic rings. The van der Waals surface area contributed by atoms with E-state index in [2.05, 4.69) is 10.6 Å². The average Bonchev–Trinajstić information content (AvgIpc) is 2.54. The van der Waals surface area contributed by atoms with Crippen LogP contribution in [0.15, 0.2) is 42.5 Å². The first-order valence-electron chi connectivity index (χ1n) is 7.60. The van der Waals surface area contributed by atoms with Crippen molar-refractivity contribution in [3.05, 3.63) is 53.6 Å². The lowest BCUT2D eigenvalue weighted by Gasteiger charge is -2.30. The second-order valence-corrected chi connectivity index (χ2v) is 5.64. The minimum atomic E-state index is -0.374. The van der Waals surface area contributed by atoms with Crippen molar-refractivity contribution in [3.8, 4) is 11.5 Å². The first kappa shape index (κ1) is 15.2. The number of methoxy groups -OCH3 is 1. The third kappa shape index (κ3) is 2.95. The predicted octanol–water partition coefficient (Wildman–Crippen LogP) is 3.34. The number of amides is 1. The van der Waals surface area contributed by atoms with Crippen molar-refractivity contribution < 1.29 is 14.3 Å². The lowest BCUT2D eigenvalue weighted by atomic mass is 10.0. The molecule has 1 amide bonds. The Balaban J connectivity index is 2.01. The van der Waals surface area contributed by atoms with Gasteiger partial charge in [-0.05, 0) is 32.0 Å². The number of rotatable bonds is 4. The molecule has 0 unspecified atom stereocenters. The van der Waals surface area contributed by atoms with Crippen LogP contribution >= 0.6 is 0 Å². The highest BCUT2D eigenvalue weighted by Crippen LogP contribution is 2.37. The SMILES string of the molecule is COc1cccc([C@H]2NC(=O)c3ccccc3N2)c1OC(C)C. The van der Waals surface area contributed by atoms with E-state index in [1.807, 2.05) is 50.2 Å². The summed E-state index contributed by atoms with van der Waals surface area (Å²) in [4.78, 5) is 12.3. The number of fused-ring (bicyclic) bond motifs is 1. The molecule has 0 fully saturated rings. The Morgan fingerprint density at radius 3 is 2.57 bits per heavy atom. The second kappa shape index (κ2) is 6.20. The quantitative estimate of drug-likeness (QED) is 0.909. The van der Waals surface area contributed by atoms with Crippen LogP contribution in [-0.4, -0.2) is 19.1 Å². The standard InChI is InChI=1S/C18H20N2O3/c1-11(2)23-16-13(8-6-10-15(16)22-3)17-19-14-9-5-4-7-12(14)18(21)20-17/h4-11,17,19H,1-3H3,(H,20,21)/t17-/m1/s1. The first-order valence-corrected chi connectivity index (χ1v) is 7.60.